The molecule has 0 aliphatic carbocycles. The van der Waals surface area contributed by atoms with E-state index in [-0.39, 0.29) is 24.5 Å². The maximum atomic E-state index is 11.8. The summed E-state index contributed by atoms with van der Waals surface area (Å²) in [7, 11) is 3.88. The molecule has 1 rings (SSSR count). The summed E-state index contributed by atoms with van der Waals surface area (Å²) in [5, 5.41) is 3.30. The van der Waals surface area contributed by atoms with Gasteiger partial charge in [0, 0.05) is 36.5 Å². The van der Waals surface area contributed by atoms with E-state index in [1.165, 1.54) is 0 Å². The third-order valence-electron chi connectivity index (χ3n) is 2.61. The number of ketones is 1. The molecule has 0 aliphatic rings. The number of halogens is 1. The number of hydrogen-bond donors (Lipinski definition) is 1. The average molecular weight is 283 g/mol. The molecule has 0 heterocycles. The highest BCUT2D eigenvalue weighted by Crippen LogP contribution is 2.12. The van der Waals surface area contributed by atoms with Crippen LogP contribution >= 0.6 is 11.6 Å². The van der Waals surface area contributed by atoms with E-state index in [4.69, 9.17) is 11.6 Å². The molecule has 104 valence electrons. The second-order valence-electron chi connectivity index (χ2n) is 4.59. The van der Waals surface area contributed by atoms with Crippen molar-refractivity contribution < 1.29 is 9.59 Å². The largest absolute Gasteiger partial charge is 0.355 e. The van der Waals surface area contributed by atoms with Crippen LogP contribution in [0.4, 0.5) is 0 Å². The van der Waals surface area contributed by atoms with Crippen molar-refractivity contribution in [3.8, 4) is 0 Å². The molecule has 4 nitrogen and oxygen atoms in total. The first-order valence-corrected chi connectivity index (χ1v) is 6.57. The fourth-order valence-electron chi connectivity index (χ4n) is 1.54. The van der Waals surface area contributed by atoms with E-state index in [0.29, 0.717) is 17.1 Å². The Kier molecular flexibility index (Phi) is 6.53. The fourth-order valence-corrected chi connectivity index (χ4v) is 1.73. The molecule has 0 aromatic heterocycles. The smallest absolute Gasteiger partial charge is 0.220 e. The maximum absolute atomic E-state index is 11.8. The molecule has 1 aromatic carbocycles. The number of carbonyl (C=O) groups excluding carboxylic acids is 2. The Morgan fingerprint density at radius 2 is 2.00 bits per heavy atom. The predicted octanol–water partition coefficient (Wildman–Crippen LogP) is 1.98. The number of likely N-dealkylation sites (N-methyl/N-ethyl adjacent to an activating group) is 1. The van der Waals surface area contributed by atoms with E-state index < -0.39 is 0 Å². The van der Waals surface area contributed by atoms with E-state index in [2.05, 4.69) is 5.32 Å². The maximum Gasteiger partial charge on any atom is 0.220 e. The molecule has 0 unspecified atom stereocenters. The molecule has 0 radical (unpaired) electrons. The Balaban J connectivity index is 2.32. The molecular weight excluding hydrogens is 264 g/mol. The molecule has 19 heavy (non-hydrogen) atoms. The second-order valence-corrected chi connectivity index (χ2v) is 5.02. The van der Waals surface area contributed by atoms with Crippen molar-refractivity contribution in [2.24, 2.45) is 0 Å². The van der Waals surface area contributed by atoms with Crippen LogP contribution in [0.2, 0.25) is 5.02 Å². The van der Waals surface area contributed by atoms with Crippen molar-refractivity contribution in [3.05, 3.63) is 34.9 Å². The van der Waals surface area contributed by atoms with Gasteiger partial charge < -0.3 is 10.2 Å². The van der Waals surface area contributed by atoms with Crippen LogP contribution in [0.1, 0.15) is 23.2 Å². The molecule has 0 fully saturated rings. The first-order chi connectivity index (χ1) is 8.99. The fraction of sp³-hybridized carbons (Fsp3) is 0.429. The van der Waals surface area contributed by atoms with Crippen LogP contribution in [0.15, 0.2) is 24.3 Å². The molecule has 0 aliphatic heterocycles. The van der Waals surface area contributed by atoms with Gasteiger partial charge in [-0.15, -0.1) is 0 Å². The lowest BCUT2D eigenvalue weighted by molar-refractivity contribution is -0.121. The topological polar surface area (TPSA) is 49.4 Å². The normalized spacial score (nSPS) is 10.5. The molecule has 0 saturated carbocycles. The minimum atomic E-state index is -0.0998. The third kappa shape index (κ3) is 6.36. The van der Waals surface area contributed by atoms with Crippen molar-refractivity contribution in [2.45, 2.75) is 12.8 Å². The summed E-state index contributed by atoms with van der Waals surface area (Å²) in [6.07, 6.45) is 0.410. The Hall–Kier alpha value is -1.39. The van der Waals surface area contributed by atoms with E-state index in [1.807, 2.05) is 19.0 Å². The molecule has 1 aromatic rings. The molecule has 0 atom stereocenters. The Labute approximate surface area is 118 Å². The van der Waals surface area contributed by atoms with Gasteiger partial charge in [-0.1, -0.05) is 23.7 Å². The monoisotopic (exact) mass is 282 g/mol. The van der Waals surface area contributed by atoms with Crippen LogP contribution in [0, 0.1) is 0 Å². The van der Waals surface area contributed by atoms with E-state index in [0.717, 1.165) is 6.54 Å². The van der Waals surface area contributed by atoms with Crippen LogP contribution in [-0.2, 0) is 4.79 Å². The first kappa shape index (κ1) is 15.7. The minimum absolute atomic E-state index is 0.0646. The zero-order valence-corrected chi connectivity index (χ0v) is 12.0. The number of rotatable bonds is 7. The molecule has 0 spiro atoms. The Morgan fingerprint density at radius 3 is 2.63 bits per heavy atom. The number of benzene rings is 1. The highest BCUT2D eigenvalue weighted by Gasteiger charge is 2.09. The zero-order valence-electron chi connectivity index (χ0n) is 11.3. The van der Waals surface area contributed by atoms with Gasteiger partial charge in [-0.25, -0.2) is 0 Å². The lowest BCUT2D eigenvalue weighted by Gasteiger charge is -2.10. The molecule has 5 heteroatoms. The number of Topliss-reactive ketones (excluding diaryl/α,β-unsaturated/α-hetero) is 1. The van der Waals surface area contributed by atoms with Gasteiger partial charge in [0.1, 0.15) is 0 Å². The lowest BCUT2D eigenvalue weighted by Crippen LogP contribution is -2.31. The van der Waals surface area contributed by atoms with Gasteiger partial charge in [-0.05, 0) is 26.2 Å². The van der Waals surface area contributed by atoms with Crippen LogP contribution < -0.4 is 5.32 Å². The molecular formula is C14H19ClN2O2. The molecule has 1 N–H and O–H groups in total. The lowest BCUT2D eigenvalue weighted by atomic mass is 10.1. The quantitative estimate of drug-likeness (QED) is 0.778. The van der Waals surface area contributed by atoms with Crippen LogP contribution in [0.5, 0.6) is 0 Å². The van der Waals surface area contributed by atoms with Gasteiger partial charge >= 0.3 is 0 Å². The summed E-state index contributed by atoms with van der Waals surface area (Å²) in [6.45, 7) is 1.38. The average Bonchev–Trinajstić information content (AvgIpc) is 2.35. The SMILES string of the molecule is CN(C)CCNC(=O)CCC(=O)c1cccc(Cl)c1. The summed E-state index contributed by atoms with van der Waals surface area (Å²) in [5.74, 6) is -0.164. The van der Waals surface area contributed by atoms with Crippen molar-refractivity contribution >= 4 is 23.3 Å². The van der Waals surface area contributed by atoms with Crippen LogP contribution in [0.3, 0.4) is 0 Å². The van der Waals surface area contributed by atoms with Gasteiger partial charge in [-0.3, -0.25) is 9.59 Å². The van der Waals surface area contributed by atoms with Gasteiger partial charge in [-0.2, -0.15) is 0 Å². The summed E-state index contributed by atoms with van der Waals surface area (Å²) in [4.78, 5) is 25.3. The zero-order chi connectivity index (χ0) is 14.3. The molecule has 0 bridgehead atoms. The van der Waals surface area contributed by atoms with E-state index in [9.17, 15) is 9.59 Å². The molecule has 1 amide bonds. The van der Waals surface area contributed by atoms with Gasteiger partial charge in [0.25, 0.3) is 0 Å². The van der Waals surface area contributed by atoms with Crippen molar-refractivity contribution in [2.75, 3.05) is 27.2 Å². The first-order valence-electron chi connectivity index (χ1n) is 6.19. The van der Waals surface area contributed by atoms with E-state index >= 15 is 0 Å². The standard InChI is InChI=1S/C14H19ClN2O2/c1-17(2)9-8-16-14(19)7-6-13(18)11-4-3-5-12(15)10-11/h3-5,10H,6-9H2,1-2H3,(H,16,19). The van der Waals surface area contributed by atoms with Crippen molar-refractivity contribution in [1.29, 1.82) is 0 Å². The number of amides is 1. The van der Waals surface area contributed by atoms with Gasteiger partial charge in [0.05, 0.1) is 0 Å². The number of hydrogen-bond acceptors (Lipinski definition) is 3. The second kappa shape index (κ2) is 7.92. The summed E-state index contributed by atoms with van der Waals surface area (Å²) < 4.78 is 0. The van der Waals surface area contributed by atoms with Gasteiger partial charge in [0.15, 0.2) is 5.78 Å². The highest BCUT2D eigenvalue weighted by atomic mass is 35.5. The third-order valence-corrected chi connectivity index (χ3v) is 2.84. The van der Waals surface area contributed by atoms with Crippen molar-refractivity contribution in [3.63, 3.8) is 0 Å². The van der Waals surface area contributed by atoms with Crippen LogP contribution in [0.25, 0.3) is 0 Å². The number of carbonyl (C=O) groups is 2. The Morgan fingerprint density at radius 1 is 1.26 bits per heavy atom. The predicted molar refractivity (Wildman–Crippen MR) is 76.6 cm³/mol. The van der Waals surface area contributed by atoms with E-state index in [1.54, 1.807) is 24.3 Å². The van der Waals surface area contributed by atoms with Gasteiger partial charge in [0.2, 0.25) is 5.91 Å². The summed E-state index contributed by atoms with van der Waals surface area (Å²) in [5.41, 5.74) is 0.550. The Bertz CT molecular complexity index is 447. The number of nitrogens with zero attached hydrogens (tertiary/aromatic N) is 1. The highest BCUT2D eigenvalue weighted by molar-refractivity contribution is 6.31. The number of nitrogens with one attached hydrogen (secondary N) is 1. The summed E-state index contributed by atoms with van der Waals surface area (Å²) >= 11 is 5.81. The molecule has 0 saturated heterocycles. The minimum Gasteiger partial charge on any atom is -0.355 e. The summed E-state index contributed by atoms with van der Waals surface area (Å²) in [6, 6.07) is 6.77. The van der Waals surface area contributed by atoms with Crippen molar-refractivity contribution in [1.82, 2.24) is 10.2 Å². The van der Waals surface area contributed by atoms with Crippen LogP contribution in [-0.4, -0.2) is 43.8 Å².